The van der Waals surface area contributed by atoms with Crippen molar-refractivity contribution in [2.75, 3.05) is 7.11 Å². The molecule has 1 atom stereocenters. The highest BCUT2D eigenvalue weighted by Gasteiger charge is 2.15. The monoisotopic (exact) mass is 277 g/mol. The predicted octanol–water partition coefficient (Wildman–Crippen LogP) is 4.05. The Morgan fingerprint density at radius 2 is 1.80 bits per heavy atom. The van der Waals surface area contributed by atoms with Crippen molar-refractivity contribution >= 4 is 0 Å². The summed E-state index contributed by atoms with van der Waals surface area (Å²) in [5, 5.41) is 0. The lowest BCUT2D eigenvalue weighted by Crippen LogP contribution is -2.08. The molecule has 106 valence electrons. The number of benzene rings is 2. The van der Waals surface area contributed by atoms with Gasteiger partial charge in [-0.15, -0.1) is 0 Å². The zero-order valence-electron chi connectivity index (χ0n) is 11.5. The fourth-order valence-electron chi connectivity index (χ4n) is 2.10. The molecule has 0 fully saturated rings. The van der Waals surface area contributed by atoms with Gasteiger partial charge in [0.05, 0.1) is 12.7 Å². The summed E-state index contributed by atoms with van der Waals surface area (Å²) in [6.07, 6.45) is 0.761. The van der Waals surface area contributed by atoms with E-state index >= 15 is 0 Å². The van der Waals surface area contributed by atoms with Crippen LogP contribution < -0.4 is 10.5 Å². The summed E-state index contributed by atoms with van der Waals surface area (Å²) >= 11 is 0. The van der Waals surface area contributed by atoms with E-state index in [9.17, 15) is 8.78 Å². The van der Waals surface area contributed by atoms with E-state index in [2.05, 4.69) is 0 Å². The summed E-state index contributed by atoms with van der Waals surface area (Å²) < 4.78 is 32.9. The summed E-state index contributed by atoms with van der Waals surface area (Å²) in [5.41, 5.74) is 7.23. The minimum absolute atomic E-state index is 0.0593. The Hall–Kier alpha value is -1.94. The zero-order chi connectivity index (χ0) is 14.7. The number of rotatable bonds is 4. The molecule has 0 aromatic heterocycles. The van der Waals surface area contributed by atoms with Crippen molar-refractivity contribution in [3.8, 4) is 16.9 Å². The van der Waals surface area contributed by atoms with Crippen molar-refractivity contribution in [3.05, 3.63) is 53.6 Å². The van der Waals surface area contributed by atoms with Gasteiger partial charge in [0.2, 0.25) is 0 Å². The normalized spacial score (nSPS) is 12.2. The molecule has 0 aliphatic rings. The summed E-state index contributed by atoms with van der Waals surface area (Å²) in [5.74, 6) is -1.14. The lowest BCUT2D eigenvalue weighted by molar-refractivity contribution is 0.407. The van der Waals surface area contributed by atoms with E-state index in [1.807, 2.05) is 13.0 Å². The average molecular weight is 277 g/mol. The van der Waals surface area contributed by atoms with Gasteiger partial charge in [0, 0.05) is 18.2 Å². The van der Waals surface area contributed by atoms with E-state index in [4.69, 9.17) is 10.5 Å². The lowest BCUT2D eigenvalue weighted by Gasteiger charge is -2.12. The third kappa shape index (κ3) is 2.80. The second-order valence-electron chi connectivity index (χ2n) is 4.61. The second kappa shape index (κ2) is 6.01. The number of ether oxygens (including phenoxy) is 1. The number of hydrogen-bond acceptors (Lipinski definition) is 2. The smallest absolute Gasteiger partial charge is 0.137 e. The van der Waals surface area contributed by atoms with Gasteiger partial charge in [-0.05, 0) is 23.6 Å². The molecule has 2 aromatic rings. The first kappa shape index (κ1) is 14.5. The molecule has 0 radical (unpaired) electrons. The molecule has 2 N–H and O–H groups in total. The van der Waals surface area contributed by atoms with Crippen LogP contribution in [0.2, 0.25) is 0 Å². The highest BCUT2D eigenvalue weighted by molar-refractivity contribution is 5.66. The fourth-order valence-corrected chi connectivity index (χ4v) is 2.10. The van der Waals surface area contributed by atoms with Crippen LogP contribution in [0.3, 0.4) is 0 Å². The maximum atomic E-state index is 14.0. The molecule has 20 heavy (non-hydrogen) atoms. The minimum atomic E-state index is -0.649. The number of nitrogens with two attached hydrogens (primary N) is 1. The molecule has 2 aromatic carbocycles. The number of hydrogen-bond donors (Lipinski definition) is 1. The van der Waals surface area contributed by atoms with E-state index < -0.39 is 11.6 Å². The number of methoxy groups -OCH3 is 1. The molecule has 0 bridgehead atoms. The van der Waals surface area contributed by atoms with Gasteiger partial charge in [0.1, 0.15) is 17.4 Å². The molecule has 2 nitrogen and oxygen atoms in total. The van der Waals surface area contributed by atoms with Gasteiger partial charge >= 0.3 is 0 Å². The first-order valence-electron chi connectivity index (χ1n) is 6.45. The standard InChI is InChI=1S/C16H17F2NO/c1-3-15(19)10-5-4-6-11(7-10)16-13(17)8-12(20-2)9-14(16)18/h4-9,15H,3,19H2,1-2H3. The third-order valence-electron chi connectivity index (χ3n) is 3.29. The van der Waals surface area contributed by atoms with Crippen molar-refractivity contribution in [1.29, 1.82) is 0 Å². The van der Waals surface area contributed by atoms with Gasteiger partial charge in [-0.2, -0.15) is 0 Å². The molecule has 0 amide bonds. The van der Waals surface area contributed by atoms with E-state index in [1.54, 1.807) is 18.2 Å². The van der Waals surface area contributed by atoms with Crippen LogP contribution in [0, 0.1) is 11.6 Å². The SMILES string of the molecule is CCC(N)c1cccc(-c2c(F)cc(OC)cc2F)c1. The molecular formula is C16H17F2NO. The Labute approximate surface area is 117 Å². The van der Waals surface area contributed by atoms with Crippen molar-refractivity contribution in [2.45, 2.75) is 19.4 Å². The van der Waals surface area contributed by atoms with E-state index in [0.29, 0.717) is 5.56 Å². The summed E-state index contributed by atoms with van der Waals surface area (Å²) in [4.78, 5) is 0. The summed E-state index contributed by atoms with van der Waals surface area (Å²) in [7, 11) is 1.37. The van der Waals surface area contributed by atoms with Crippen molar-refractivity contribution < 1.29 is 13.5 Å². The van der Waals surface area contributed by atoms with Gasteiger partial charge in [0.25, 0.3) is 0 Å². The maximum Gasteiger partial charge on any atom is 0.137 e. The van der Waals surface area contributed by atoms with Gasteiger partial charge in [0.15, 0.2) is 0 Å². The molecule has 4 heteroatoms. The van der Waals surface area contributed by atoms with Crippen LogP contribution in [0.1, 0.15) is 24.9 Å². The summed E-state index contributed by atoms with van der Waals surface area (Å²) in [6, 6.07) is 9.21. The molecule has 0 spiro atoms. The molecule has 0 aliphatic heterocycles. The Morgan fingerprint density at radius 3 is 2.35 bits per heavy atom. The van der Waals surface area contributed by atoms with Crippen molar-refractivity contribution in [1.82, 2.24) is 0 Å². The van der Waals surface area contributed by atoms with Gasteiger partial charge < -0.3 is 10.5 Å². The molecule has 1 unspecified atom stereocenters. The van der Waals surface area contributed by atoms with Crippen molar-refractivity contribution in [3.63, 3.8) is 0 Å². The molecule has 0 saturated carbocycles. The topological polar surface area (TPSA) is 35.2 Å². The van der Waals surface area contributed by atoms with Gasteiger partial charge in [-0.3, -0.25) is 0 Å². The molecular weight excluding hydrogens is 260 g/mol. The molecule has 0 aliphatic carbocycles. The lowest BCUT2D eigenvalue weighted by atomic mass is 9.98. The van der Waals surface area contributed by atoms with Gasteiger partial charge in [-0.25, -0.2) is 8.78 Å². The highest BCUT2D eigenvalue weighted by Crippen LogP contribution is 2.31. The van der Waals surface area contributed by atoms with E-state index in [0.717, 1.165) is 12.0 Å². The minimum Gasteiger partial charge on any atom is -0.497 e. The largest absolute Gasteiger partial charge is 0.497 e. The van der Waals surface area contributed by atoms with Crippen LogP contribution in [0.25, 0.3) is 11.1 Å². The van der Waals surface area contributed by atoms with Crippen LogP contribution in [0.4, 0.5) is 8.78 Å². The van der Waals surface area contributed by atoms with Crippen LogP contribution in [-0.4, -0.2) is 7.11 Å². The highest BCUT2D eigenvalue weighted by atomic mass is 19.1. The van der Waals surface area contributed by atoms with E-state index in [1.165, 1.54) is 19.2 Å². The Kier molecular flexibility index (Phi) is 4.35. The van der Waals surface area contributed by atoms with Crippen LogP contribution in [0.5, 0.6) is 5.75 Å². The van der Waals surface area contributed by atoms with Crippen LogP contribution >= 0.6 is 0 Å². The van der Waals surface area contributed by atoms with Crippen LogP contribution in [-0.2, 0) is 0 Å². The van der Waals surface area contributed by atoms with Crippen LogP contribution in [0.15, 0.2) is 36.4 Å². The molecule has 2 rings (SSSR count). The number of halogens is 2. The molecule has 0 saturated heterocycles. The quantitative estimate of drug-likeness (QED) is 0.915. The average Bonchev–Trinajstić information content (AvgIpc) is 2.45. The Balaban J connectivity index is 2.51. The fraction of sp³-hybridized carbons (Fsp3) is 0.250. The maximum absolute atomic E-state index is 14.0. The second-order valence-corrected chi connectivity index (χ2v) is 4.61. The predicted molar refractivity (Wildman–Crippen MR) is 75.6 cm³/mol. The Bertz CT molecular complexity index is 590. The van der Waals surface area contributed by atoms with Crippen molar-refractivity contribution in [2.24, 2.45) is 5.73 Å². The van der Waals surface area contributed by atoms with E-state index in [-0.39, 0.29) is 17.4 Å². The first-order valence-corrected chi connectivity index (χ1v) is 6.45. The third-order valence-corrected chi connectivity index (χ3v) is 3.29. The molecule has 0 heterocycles. The summed E-state index contributed by atoms with van der Waals surface area (Å²) in [6.45, 7) is 1.96. The zero-order valence-corrected chi connectivity index (χ0v) is 11.5. The first-order chi connectivity index (χ1) is 9.56. The Morgan fingerprint density at radius 1 is 1.15 bits per heavy atom. The van der Waals surface area contributed by atoms with Gasteiger partial charge in [-0.1, -0.05) is 25.1 Å².